The Hall–Kier alpha value is -0.0400. The number of rotatable bonds is 14. The van der Waals surface area contributed by atoms with Crippen LogP contribution in [0.15, 0.2) is 0 Å². The maximum atomic E-state index is 8.70. The lowest BCUT2D eigenvalue weighted by atomic mass is 9.85. The van der Waals surface area contributed by atoms with E-state index in [1.54, 1.807) is 0 Å². The number of hydrogen-bond acceptors (Lipinski definition) is 1. The highest BCUT2D eigenvalue weighted by Gasteiger charge is 2.12. The molecule has 0 aromatic carbocycles. The van der Waals surface area contributed by atoms with Crippen LogP contribution in [0.4, 0.5) is 0 Å². The number of aliphatic hydroxyl groups excluding tert-OH is 1. The Bertz CT molecular complexity index is 196. The summed E-state index contributed by atoms with van der Waals surface area (Å²) < 4.78 is 0. The minimum atomic E-state index is 0.376. The fourth-order valence-electron chi connectivity index (χ4n) is 3.79. The molecule has 1 nitrogen and oxygen atoms in total. The lowest BCUT2D eigenvalue weighted by molar-refractivity contribution is 0.282. The van der Waals surface area contributed by atoms with Crippen molar-refractivity contribution in [3.05, 3.63) is 0 Å². The molecular formula is C20H40O. The molecule has 0 aromatic heterocycles. The van der Waals surface area contributed by atoms with Crippen LogP contribution in [0.25, 0.3) is 0 Å². The van der Waals surface area contributed by atoms with Gasteiger partial charge in [0, 0.05) is 6.61 Å². The summed E-state index contributed by atoms with van der Waals surface area (Å²) in [4.78, 5) is 0. The highest BCUT2D eigenvalue weighted by molar-refractivity contribution is 4.65. The van der Waals surface area contributed by atoms with Gasteiger partial charge in [0.15, 0.2) is 0 Å². The average molecular weight is 297 g/mol. The van der Waals surface area contributed by atoms with Gasteiger partial charge < -0.3 is 5.11 Å². The first-order chi connectivity index (χ1) is 10.4. The van der Waals surface area contributed by atoms with Gasteiger partial charge in [-0.25, -0.2) is 0 Å². The SMILES string of the molecule is OCCCCCCCCCCCCCCC1CCCCC1. The summed E-state index contributed by atoms with van der Waals surface area (Å²) >= 11 is 0. The molecule has 0 unspecified atom stereocenters. The van der Waals surface area contributed by atoms with Crippen LogP contribution in [-0.4, -0.2) is 11.7 Å². The Morgan fingerprint density at radius 3 is 1.43 bits per heavy atom. The van der Waals surface area contributed by atoms with Crippen molar-refractivity contribution in [2.75, 3.05) is 6.61 Å². The Morgan fingerprint density at radius 2 is 0.952 bits per heavy atom. The first-order valence-electron chi connectivity index (χ1n) is 10.0. The van der Waals surface area contributed by atoms with Crippen LogP contribution >= 0.6 is 0 Å². The van der Waals surface area contributed by atoms with Crippen LogP contribution in [0, 0.1) is 5.92 Å². The lowest BCUT2D eigenvalue weighted by Gasteiger charge is -2.21. The minimum absolute atomic E-state index is 0.376. The van der Waals surface area contributed by atoms with Crippen molar-refractivity contribution in [1.82, 2.24) is 0 Å². The molecular weight excluding hydrogens is 256 g/mol. The zero-order valence-corrected chi connectivity index (χ0v) is 14.5. The summed E-state index contributed by atoms with van der Waals surface area (Å²) in [5.41, 5.74) is 0. The van der Waals surface area contributed by atoms with Crippen molar-refractivity contribution in [1.29, 1.82) is 0 Å². The second-order valence-corrected chi connectivity index (χ2v) is 7.26. The van der Waals surface area contributed by atoms with Gasteiger partial charge in [0.05, 0.1) is 0 Å². The third-order valence-electron chi connectivity index (χ3n) is 5.25. The third kappa shape index (κ3) is 12.2. The molecule has 0 amide bonds. The van der Waals surface area contributed by atoms with Gasteiger partial charge in [0.2, 0.25) is 0 Å². The molecule has 126 valence electrons. The van der Waals surface area contributed by atoms with E-state index in [0.717, 1.165) is 12.3 Å². The number of hydrogen-bond donors (Lipinski definition) is 1. The van der Waals surface area contributed by atoms with Crippen LogP contribution in [0.1, 0.15) is 116 Å². The lowest BCUT2D eigenvalue weighted by Crippen LogP contribution is -2.05. The summed E-state index contributed by atoms with van der Waals surface area (Å²) in [5.74, 6) is 1.09. The zero-order chi connectivity index (χ0) is 15.0. The first-order valence-corrected chi connectivity index (χ1v) is 10.0. The van der Waals surface area contributed by atoms with Gasteiger partial charge in [-0.2, -0.15) is 0 Å². The first kappa shape index (κ1) is 19.0. The minimum Gasteiger partial charge on any atom is -0.396 e. The fraction of sp³-hybridized carbons (Fsp3) is 1.00. The molecule has 1 N–H and O–H groups in total. The summed E-state index contributed by atoms with van der Waals surface area (Å²) in [7, 11) is 0. The molecule has 0 saturated heterocycles. The summed E-state index contributed by atoms with van der Waals surface area (Å²) in [6.45, 7) is 0.376. The van der Waals surface area contributed by atoms with E-state index in [0.29, 0.717) is 6.61 Å². The molecule has 1 saturated carbocycles. The Labute approximate surface area is 133 Å². The monoisotopic (exact) mass is 296 g/mol. The average Bonchev–Trinajstić information content (AvgIpc) is 2.53. The van der Waals surface area contributed by atoms with Crippen molar-refractivity contribution in [3.63, 3.8) is 0 Å². The van der Waals surface area contributed by atoms with Crippen LogP contribution in [0.5, 0.6) is 0 Å². The van der Waals surface area contributed by atoms with Gasteiger partial charge in [-0.05, 0) is 12.3 Å². The highest BCUT2D eigenvalue weighted by Crippen LogP contribution is 2.28. The van der Waals surface area contributed by atoms with E-state index < -0.39 is 0 Å². The van der Waals surface area contributed by atoms with E-state index >= 15 is 0 Å². The van der Waals surface area contributed by atoms with Gasteiger partial charge in [-0.15, -0.1) is 0 Å². The van der Waals surface area contributed by atoms with Crippen LogP contribution < -0.4 is 0 Å². The van der Waals surface area contributed by atoms with E-state index in [1.807, 2.05) is 0 Å². The van der Waals surface area contributed by atoms with Crippen LogP contribution in [-0.2, 0) is 0 Å². The van der Waals surface area contributed by atoms with Crippen LogP contribution in [0.2, 0.25) is 0 Å². The Kier molecular flexibility index (Phi) is 13.5. The van der Waals surface area contributed by atoms with Crippen molar-refractivity contribution >= 4 is 0 Å². The second kappa shape index (κ2) is 14.9. The van der Waals surface area contributed by atoms with Gasteiger partial charge >= 0.3 is 0 Å². The standard InChI is InChI=1S/C20H40O/c21-19-15-10-8-6-4-2-1-3-5-7-9-12-16-20-17-13-11-14-18-20/h20-21H,1-19H2. The molecule has 1 aliphatic rings. The second-order valence-electron chi connectivity index (χ2n) is 7.26. The van der Waals surface area contributed by atoms with Crippen molar-refractivity contribution < 1.29 is 5.11 Å². The molecule has 0 radical (unpaired) electrons. The van der Waals surface area contributed by atoms with Crippen LogP contribution in [0.3, 0.4) is 0 Å². The quantitative estimate of drug-likeness (QED) is 0.357. The van der Waals surface area contributed by atoms with E-state index in [2.05, 4.69) is 0 Å². The Balaban J connectivity index is 1.69. The number of aliphatic hydroxyl groups is 1. The van der Waals surface area contributed by atoms with E-state index in [-0.39, 0.29) is 0 Å². The topological polar surface area (TPSA) is 20.2 Å². The Morgan fingerprint density at radius 1 is 0.524 bits per heavy atom. The molecule has 0 aromatic rings. The fourth-order valence-corrected chi connectivity index (χ4v) is 3.79. The molecule has 0 spiro atoms. The van der Waals surface area contributed by atoms with Gasteiger partial charge in [-0.3, -0.25) is 0 Å². The van der Waals surface area contributed by atoms with E-state index in [1.165, 1.54) is 109 Å². The normalized spacial score (nSPS) is 16.4. The van der Waals surface area contributed by atoms with Gasteiger partial charge in [0.1, 0.15) is 0 Å². The van der Waals surface area contributed by atoms with E-state index in [4.69, 9.17) is 5.11 Å². The maximum absolute atomic E-state index is 8.70. The third-order valence-corrected chi connectivity index (χ3v) is 5.25. The molecule has 0 heterocycles. The summed E-state index contributed by atoms with van der Waals surface area (Å²) in [6.07, 6.45) is 25.7. The largest absolute Gasteiger partial charge is 0.396 e. The summed E-state index contributed by atoms with van der Waals surface area (Å²) in [6, 6.07) is 0. The maximum Gasteiger partial charge on any atom is 0.0431 e. The van der Waals surface area contributed by atoms with Crippen molar-refractivity contribution in [2.24, 2.45) is 5.92 Å². The molecule has 0 atom stereocenters. The number of unbranched alkanes of at least 4 members (excludes halogenated alkanes) is 11. The molecule has 21 heavy (non-hydrogen) atoms. The molecule has 1 rings (SSSR count). The molecule has 1 heteroatoms. The smallest absolute Gasteiger partial charge is 0.0431 e. The van der Waals surface area contributed by atoms with Gasteiger partial charge in [-0.1, -0.05) is 109 Å². The highest BCUT2D eigenvalue weighted by atomic mass is 16.2. The van der Waals surface area contributed by atoms with Crippen molar-refractivity contribution in [3.8, 4) is 0 Å². The zero-order valence-electron chi connectivity index (χ0n) is 14.5. The van der Waals surface area contributed by atoms with E-state index in [9.17, 15) is 0 Å². The molecule has 1 aliphatic carbocycles. The predicted octanol–water partition coefficient (Wildman–Crippen LogP) is 6.63. The summed E-state index contributed by atoms with van der Waals surface area (Å²) in [5, 5.41) is 8.70. The van der Waals surface area contributed by atoms with Crippen molar-refractivity contribution in [2.45, 2.75) is 116 Å². The molecule has 0 aliphatic heterocycles. The molecule has 0 bridgehead atoms. The molecule has 1 fully saturated rings. The predicted molar refractivity (Wildman–Crippen MR) is 93.7 cm³/mol. The van der Waals surface area contributed by atoms with Gasteiger partial charge in [0.25, 0.3) is 0 Å².